The van der Waals surface area contributed by atoms with Gasteiger partial charge < -0.3 is 4.84 Å². The van der Waals surface area contributed by atoms with E-state index in [9.17, 15) is 0 Å². The maximum atomic E-state index is 5.91. The zero-order chi connectivity index (χ0) is 9.26. The molecular weight excluding hydrogens is 209 g/mol. The van der Waals surface area contributed by atoms with Crippen molar-refractivity contribution in [2.75, 3.05) is 13.1 Å². The lowest BCUT2D eigenvalue weighted by molar-refractivity contribution is -0.107. The predicted octanol–water partition coefficient (Wildman–Crippen LogP) is 2.99. The van der Waals surface area contributed by atoms with Crippen molar-refractivity contribution < 1.29 is 4.84 Å². The molecule has 0 aliphatic carbocycles. The molecule has 0 aromatic heterocycles. The molecule has 0 bridgehead atoms. The topological polar surface area (TPSA) is 12.5 Å². The third kappa shape index (κ3) is 2.08. The zero-order valence-electron chi connectivity index (χ0n) is 6.96. The molecule has 0 atom stereocenters. The van der Waals surface area contributed by atoms with Crippen molar-refractivity contribution in [2.45, 2.75) is 6.42 Å². The number of rotatable bonds is 2. The van der Waals surface area contributed by atoms with E-state index >= 15 is 0 Å². The molecule has 1 fully saturated rings. The minimum Gasteiger partial charge on any atom is -0.404 e. The van der Waals surface area contributed by atoms with E-state index < -0.39 is 0 Å². The summed E-state index contributed by atoms with van der Waals surface area (Å²) >= 11 is 11.7. The molecule has 2 nitrogen and oxygen atoms in total. The van der Waals surface area contributed by atoms with E-state index in [1.165, 1.54) is 6.42 Å². The van der Waals surface area contributed by atoms with Gasteiger partial charge in [-0.05, 0) is 18.6 Å². The largest absolute Gasteiger partial charge is 0.404 e. The molecule has 2 rings (SSSR count). The van der Waals surface area contributed by atoms with Crippen LogP contribution in [0.4, 0.5) is 0 Å². The van der Waals surface area contributed by atoms with Crippen molar-refractivity contribution >= 4 is 23.2 Å². The lowest BCUT2D eigenvalue weighted by Crippen LogP contribution is -2.39. The molecule has 0 amide bonds. The molecule has 1 aliphatic rings. The van der Waals surface area contributed by atoms with Crippen molar-refractivity contribution in [1.29, 1.82) is 0 Å². The maximum Gasteiger partial charge on any atom is 0.167 e. The van der Waals surface area contributed by atoms with Gasteiger partial charge in [0.05, 0.1) is 5.02 Å². The van der Waals surface area contributed by atoms with Gasteiger partial charge in [-0.3, -0.25) is 0 Å². The van der Waals surface area contributed by atoms with Gasteiger partial charge in [-0.2, -0.15) is 0 Å². The van der Waals surface area contributed by atoms with Crippen molar-refractivity contribution in [3.63, 3.8) is 0 Å². The van der Waals surface area contributed by atoms with Crippen LogP contribution in [0, 0.1) is 0 Å². The number of halogens is 2. The minimum atomic E-state index is 0.594. The molecule has 1 saturated heterocycles. The Bertz CT molecular complexity index is 312. The van der Waals surface area contributed by atoms with Crippen LogP contribution >= 0.6 is 23.2 Å². The van der Waals surface area contributed by atoms with Crippen molar-refractivity contribution in [3.8, 4) is 5.75 Å². The highest BCUT2D eigenvalue weighted by molar-refractivity contribution is 6.34. The second-order valence-electron chi connectivity index (χ2n) is 2.95. The summed E-state index contributed by atoms with van der Waals surface area (Å²) in [6, 6.07) is 5.20. The van der Waals surface area contributed by atoms with Gasteiger partial charge in [-0.15, -0.1) is 5.06 Å². The average Bonchev–Trinajstić information content (AvgIpc) is 2.03. The van der Waals surface area contributed by atoms with Crippen LogP contribution in [0.15, 0.2) is 18.2 Å². The van der Waals surface area contributed by atoms with Crippen molar-refractivity contribution in [3.05, 3.63) is 28.2 Å². The lowest BCUT2D eigenvalue weighted by Gasteiger charge is -2.30. The number of hydroxylamine groups is 2. The van der Waals surface area contributed by atoms with Gasteiger partial charge in [-0.25, -0.2) is 0 Å². The quantitative estimate of drug-likeness (QED) is 0.756. The second-order valence-corrected chi connectivity index (χ2v) is 3.79. The molecule has 4 heteroatoms. The van der Waals surface area contributed by atoms with Crippen LogP contribution in [0.5, 0.6) is 5.75 Å². The van der Waals surface area contributed by atoms with Gasteiger partial charge in [0.2, 0.25) is 0 Å². The third-order valence-electron chi connectivity index (χ3n) is 1.94. The Morgan fingerprint density at radius 3 is 2.62 bits per heavy atom. The van der Waals surface area contributed by atoms with Crippen molar-refractivity contribution in [2.24, 2.45) is 0 Å². The fraction of sp³-hybridized carbons (Fsp3) is 0.333. The summed E-state index contributed by atoms with van der Waals surface area (Å²) < 4.78 is 0. The fourth-order valence-electron chi connectivity index (χ4n) is 1.06. The van der Waals surface area contributed by atoms with E-state index in [2.05, 4.69) is 0 Å². The highest BCUT2D eigenvalue weighted by Crippen LogP contribution is 2.29. The SMILES string of the molecule is Clc1ccc(Cl)c(ON2CCC2)c1. The Kier molecular flexibility index (Phi) is 2.63. The molecular formula is C9H9Cl2NO. The molecule has 1 aromatic carbocycles. The molecule has 1 heterocycles. The van der Waals surface area contributed by atoms with E-state index in [0.717, 1.165) is 13.1 Å². The number of nitrogens with zero attached hydrogens (tertiary/aromatic N) is 1. The van der Waals surface area contributed by atoms with Gasteiger partial charge in [0.1, 0.15) is 0 Å². The van der Waals surface area contributed by atoms with Crippen LogP contribution in [0.25, 0.3) is 0 Å². The third-order valence-corrected chi connectivity index (χ3v) is 2.48. The van der Waals surface area contributed by atoms with Crippen LogP contribution in [-0.2, 0) is 0 Å². The standard InChI is InChI=1S/C9H9Cl2NO/c10-7-2-3-8(11)9(6-7)13-12-4-1-5-12/h2-3,6H,1,4-5H2. The average molecular weight is 218 g/mol. The Balaban J connectivity index is 2.13. The van der Waals surface area contributed by atoms with E-state index in [1.54, 1.807) is 18.2 Å². The zero-order valence-corrected chi connectivity index (χ0v) is 8.48. The molecule has 0 spiro atoms. The Morgan fingerprint density at radius 2 is 2.00 bits per heavy atom. The molecule has 13 heavy (non-hydrogen) atoms. The van der Waals surface area contributed by atoms with Crippen LogP contribution in [0.3, 0.4) is 0 Å². The predicted molar refractivity (Wildman–Crippen MR) is 53.3 cm³/mol. The van der Waals surface area contributed by atoms with Crippen molar-refractivity contribution in [1.82, 2.24) is 5.06 Å². The maximum absolute atomic E-state index is 5.91. The van der Waals surface area contributed by atoms with Gasteiger partial charge >= 0.3 is 0 Å². The number of benzene rings is 1. The van der Waals surface area contributed by atoms with Crippen LogP contribution in [0.2, 0.25) is 10.0 Å². The smallest absolute Gasteiger partial charge is 0.167 e. The Labute approximate surface area is 87.0 Å². The first-order valence-corrected chi connectivity index (χ1v) is 4.89. The highest BCUT2D eigenvalue weighted by atomic mass is 35.5. The summed E-state index contributed by atoms with van der Waals surface area (Å²) in [7, 11) is 0. The summed E-state index contributed by atoms with van der Waals surface area (Å²) in [4.78, 5) is 5.48. The lowest BCUT2D eigenvalue weighted by atomic mass is 10.3. The molecule has 70 valence electrons. The monoisotopic (exact) mass is 217 g/mol. The highest BCUT2D eigenvalue weighted by Gasteiger charge is 2.16. The molecule has 1 aliphatic heterocycles. The number of hydrogen-bond acceptors (Lipinski definition) is 2. The van der Waals surface area contributed by atoms with E-state index in [0.29, 0.717) is 15.8 Å². The number of hydrogen-bond donors (Lipinski definition) is 0. The normalized spacial score (nSPS) is 16.8. The summed E-state index contributed by atoms with van der Waals surface area (Å²) in [6.07, 6.45) is 1.18. The van der Waals surface area contributed by atoms with Crippen LogP contribution < -0.4 is 4.84 Å². The molecule has 0 radical (unpaired) electrons. The minimum absolute atomic E-state index is 0.594. The molecule has 0 unspecified atom stereocenters. The van der Waals surface area contributed by atoms with Gasteiger partial charge in [0.15, 0.2) is 5.75 Å². The summed E-state index contributed by atoms with van der Waals surface area (Å²) in [5, 5.41) is 3.09. The van der Waals surface area contributed by atoms with Gasteiger partial charge in [-0.1, -0.05) is 23.2 Å². The van der Waals surface area contributed by atoms with Gasteiger partial charge in [0.25, 0.3) is 0 Å². The summed E-state index contributed by atoms with van der Waals surface area (Å²) in [6.45, 7) is 1.92. The second kappa shape index (κ2) is 3.74. The summed E-state index contributed by atoms with van der Waals surface area (Å²) in [5.41, 5.74) is 0. The first-order valence-electron chi connectivity index (χ1n) is 4.14. The Hall–Kier alpha value is -0.440. The van der Waals surface area contributed by atoms with Crippen LogP contribution in [-0.4, -0.2) is 18.2 Å². The molecule has 0 N–H and O–H groups in total. The molecule has 1 aromatic rings. The fourth-order valence-corrected chi connectivity index (χ4v) is 1.38. The van der Waals surface area contributed by atoms with E-state index in [4.69, 9.17) is 28.0 Å². The van der Waals surface area contributed by atoms with E-state index in [1.807, 2.05) is 5.06 Å². The van der Waals surface area contributed by atoms with E-state index in [-0.39, 0.29) is 0 Å². The van der Waals surface area contributed by atoms with Crippen LogP contribution in [0.1, 0.15) is 6.42 Å². The summed E-state index contributed by atoms with van der Waals surface area (Å²) in [5.74, 6) is 0.633. The van der Waals surface area contributed by atoms with Gasteiger partial charge in [0, 0.05) is 24.2 Å². The molecule has 0 saturated carbocycles. The first-order chi connectivity index (χ1) is 6.25. The first kappa shape index (κ1) is 9.13. The Morgan fingerprint density at radius 1 is 1.23 bits per heavy atom.